The Morgan fingerprint density at radius 2 is 1.89 bits per heavy atom. The molecule has 8 heteroatoms. The highest BCUT2D eigenvalue weighted by atomic mass is 19.1. The number of rotatable bonds is 10. The maximum absolute atomic E-state index is 12.9. The molecule has 0 bridgehead atoms. The van der Waals surface area contributed by atoms with Crippen LogP contribution in [0.5, 0.6) is 0 Å². The van der Waals surface area contributed by atoms with Crippen molar-refractivity contribution < 1.29 is 32.9 Å². The Bertz CT molecular complexity index is 801. The van der Waals surface area contributed by atoms with Crippen molar-refractivity contribution in [3.8, 4) is 0 Å². The summed E-state index contributed by atoms with van der Waals surface area (Å²) in [5, 5.41) is 2.89. The van der Waals surface area contributed by atoms with Crippen molar-refractivity contribution in [2.75, 3.05) is 20.4 Å². The Balaban J connectivity index is 1.30. The highest BCUT2D eigenvalue weighted by Crippen LogP contribution is 2.59. The normalized spacial score (nSPS) is 40.1. The van der Waals surface area contributed by atoms with Crippen LogP contribution in [0, 0.1) is 11.8 Å². The van der Waals surface area contributed by atoms with Crippen molar-refractivity contribution in [2.24, 2.45) is 11.8 Å². The van der Waals surface area contributed by atoms with Gasteiger partial charge in [0.2, 0.25) is 5.91 Å². The molecule has 2 aliphatic heterocycles. The molecule has 1 N–H and O–H groups in total. The number of ether oxygens (including phenoxy) is 4. The lowest BCUT2D eigenvalue weighted by Crippen LogP contribution is -2.55. The van der Waals surface area contributed by atoms with Gasteiger partial charge in [-0.2, -0.15) is 0 Å². The second-order valence-corrected chi connectivity index (χ2v) is 11.3. The van der Waals surface area contributed by atoms with Crippen LogP contribution in [0.25, 0.3) is 0 Å². The van der Waals surface area contributed by atoms with E-state index in [1.54, 1.807) is 7.11 Å². The zero-order valence-electron chi connectivity index (χ0n) is 21.6. The number of carbonyl (C=O) groups excluding carboxylic acids is 2. The molecule has 1 amide bonds. The van der Waals surface area contributed by atoms with Gasteiger partial charge in [-0.3, -0.25) is 14.0 Å². The highest BCUT2D eigenvalue weighted by Gasteiger charge is 2.72. The van der Waals surface area contributed by atoms with E-state index >= 15 is 0 Å². The first kappa shape index (κ1) is 26.6. The van der Waals surface area contributed by atoms with E-state index in [-0.39, 0.29) is 65.7 Å². The molecule has 2 saturated carbocycles. The van der Waals surface area contributed by atoms with Gasteiger partial charge in [0.25, 0.3) is 0 Å². The lowest BCUT2D eigenvalue weighted by atomic mass is 9.68. The van der Waals surface area contributed by atoms with E-state index in [0.29, 0.717) is 13.0 Å². The predicted molar refractivity (Wildman–Crippen MR) is 129 cm³/mol. The summed E-state index contributed by atoms with van der Waals surface area (Å²) in [6, 6.07) is 0.0756. The van der Waals surface area contributed by atoms with Gasteiger partial charge in [0, 0.05) is 19.6 Å². The van der Waals surface area contributed by atoms with Crippen molar-refractivity contribution >= 4 is 11.9 Å². The molecule has 0 aromatic rings. The van der Waals surface area contributed by atoms with Crippen LogP contribution in [0.1, 0.15) is 78.6 Å². The van der Waals surface area contributed by atoms with E-state index in [1.807, 2.05) is 0 Å². The van der Waals surface area contributed by atoms with Crippen LogP contribution >= 0.6 is 0 Å². The van der Waals surface area contributed by atoms with Gasteiger partial charge in [0.05, 0.1) is 31.7 Å². The Hall–Kier alpha value is -1.51. The average Bonchev–Trinajstić information content (AvgIpc) is 3.72. The van der Waals surface area contributed by atoms with E-state index in [2.05, 4.69) is 32.2 Å². The first-order chi connectivity index (χ1) is 16.7. The zero-order valence-corrected chi connectivity index (χ0v) is 21.6. The van der Waals surface area contributed by atoms with Gasteiger partial charge in [0.1, 0.15) is 23.4 Å². The number of alkyl halides is 1. The molecule has 0 aromatic heterocycles. The average molecular weight is 496 g/mol. The number of carbonyl (C=O) groups is 2. The van der Waals surface area contributed by atoms with Gasteiger partial charge in [-0.05, 0) is 71.6 Å². The molecule has 35 heavy (non-hydrogen) atoms. The lowest BCUT2D eigenvalue weighted by Gasteiger charge is -2.42. The SMILES string of the molecule is COC1C(OC(=O)CC2CCC(NC(=O)CCF)CC2)CC[C@]2(CO2)C1[C@]1(C)O[C@@H]1CC=C(C)C. The second kappa shape index (κ2) is 10.9. The highest BCUT2D eigenvalue weighted by molar-refractivity contribution is 5.76. The summed E-state index contributed by atoms with van der Waals surface area (Å²) in [6.07, 6.45) is 7.80. The maximum Gasteiger partial charge on any atom is 0.306 e. The van der Waals surface area contributed by atoms with Crippen LogP contribution in [-0.4, -0.2) is 67.8 Å². The van der Waals surface area contributed by atoms with Gasteiger partial charge in [-0.25, -0.2) is 0 Å². The van der Waals surface area contributed by atoms with Gasteiger partial charge < -0.3 is 24.3 Å². The van der Waals surface area contributed by atoms with Crippen LogP contribution in [-0.2, 0) is 28.5 Å². The third-order valence-corrected chi connectivity index (χ3v) is 8.51. The van der Waals surface area contributed by atoms with Crippen molar-refractivity contribution in [3.05, 3.63) is 11.6 Å². The Labute approximate surface area is 208 Å². The summed E-state index contributed by atoms with van der Waals surface area (Å²) in [5.74, 6) is -0.156. The van der Waals surface area contributed by atoms with E-state index < -0.39 is 6.67 Å². The standard InChI is InChI=1S/C27H42FNO6/c1-17(2)5-10-21-26(3,35-21)25-24(32-4)20(11-13-27(25)16-33-27)34-23(31)15-18-6-8-19(9-7-18)29-22(30)12-14-28/h5,18-21,24-25H,6-16H2,1-4H3,(H,29,30)/t18?,19?,20?,21-,24?,25?,26-,27+/m1/s1. The van der Waals surface area contributed by atoms with E-state index in [0.717, 1.165) is 44.9 Å². The molecule has 198 valence electrons. The maximum atomic E-state index is 12.9. The monoisotopic (exact) mass is 495 g/mol. The Kier molecular flexibility index (Phi) is 8.23. The Morgan fingerprint density at radius 1 is 1.17 bits per heavy atom. The fraction of sp³-hybridized carbons (Fsp3) is 0.852. The summed E-state index contributed by atoms with van der Waals surface area (Å²) >= 11 is 0. The summed E-state index contributed by atoms with van der Waals surface area (Å²) in [4.78, 5) is 24.5. The summed E-state index contributed by atoms with van der Waals surface area (Å²) in [6.45, 7) is 6.40. The van der Waals surface area contributed by atoms with Gasteiger partial charge >= 0.3 is 5.97 Å². The zero-order chi connectivity index (χ0) is 25.2. The predicted octanol–water partition coefficient (Wildman–Crippen LogP) is 4.03. The van der Waals surface area contributed by atoms with E-state index in [1.165, 1.54) is 5.57 Å². The molecule has 0 aromatic carbocycles. The molecule has 2 heterocycles. The van der Waals surface area contributed by atoms with Gasteiger partial charge in [0.15, 0.2) is 0 Å². The summed E-state index contributed by atoms with van der Waals surface area (Å²) in [7, 11) is 1.69. The number of hydrogen-bond acceptors (Lipinski definition) is 6. The minimum Gasteiger partial charge on any atom is -0.460 e. The number of esters is 1. The smallest absolute Gasteiger partial charge is 0.306 e. The fourth-order valence-corrected chi connectivity index (χ4v) is 6.42. The Morgan fingerprint density at radius 3 is 2.49 bits per heavy atom. The van der Waals surface area contributed by atoms with Crippen LogP contribution in [0.3, 0.4) is 0 Å². The number of hydrogen-bond donors (Lipinski definition) is 1. The number of halogens is 1. The van der Waals surface area contributed by atoms with Gasteiger partial charge in [-0.1, -0.05) is 11.6 Å². The summed E-state index contributed by atoms with van der Waals surface area (Å²) in [5.41, 5.74) is 0.692. The minimum atomic E-state index is -0.633. The molecular formula is C27H42FNO6. The fourth-order valence-electron chi connectivity index (χ4n) is 6.42. The number of amides is 1. The van der Waals surface area contributed by atoms with Crippen molar-refractivity contribution in [3.63, 3.8) is 0 Å². The first-order valence-corrected chi connectivity index (χ1v) is 13.2. The number of nitrogens with one attached hydrogen (secondary N) is 1. The molecule has 4 fully saturated rings. The van der Waals surface area contributed by atoms with Crippen molar-refractivity contribution in [2.45, 2.75) is 114 Å². The molecule has 6 atom stereocenters. The van der Waals surface area contributed by atoms with Crippen molar-refractivity contribution in [1.29, 1.82) is 0 Å². The molecule has 7 nitrogen and oxygen atoms in total. The second-order valence-electron chi connectivity index (χ2n) is 11.3. The quantitative estimate of drug-likeness (QED) is 0.280. The first-order valence-electron chi connectivity index (χ1n) is 13.2. The number of methoxy groups -OCH3 is 1. The molecule has 3 unspecified atom stereocenters. The topological polar surface area (TPSA) is 89.7 Å². The number of allylic oxidation sites excluding steroid dienone is 1. The molecule has 0 radical (unpaired) electrons. The number of epoxide rings is 2. The molecule has 2 aliphatic carbocycles. The van der Waals surface area contributed by atoms with Crippen LogP contribution in [0.15, 0.2) is 11.6 Å². The van der Waals surface area contributed by atoms with Gasteiger partial charge in [-0.15, -0.1) is 0 Å². The minimum absolute atomic E-state index is 0.0190. The van der Waals surface area contributed by atoms with Crippen molar-refractivity contribution in [1.82, 2.24) is 5.32 Å². The molecular weight excluding hydrogens is 453 g/mol. The van der Waals surface area contributed by atoms with E-state index in [9.17, 15) is 14.0 Å². The third-order valence-electron chi connectivity index (χ3n) is 8.51. The molecule has 1 spiro atoms. The third kappa shape index (κ3) is 6.08. The largest absolute Gasteiger partial charge is 0.460 e. The van der Waals surface area contributed by atoms with Crippen LogP contribution in [0.2, 0.25) is 0 Å². The van der Waals surface area contributed by atoms with Crippen LogP contribution < -0.4 is 5.32 Å². The molecule has 4 rings (SSSR count). The molecule has 4 aliphatic rings. The lowest BCUT2D eigenvalue weighted by molar-refractivity contribution is -0.173. The van der Waals surface area contributed by atoms with E-state index in [4.69, 9.17) is 18.9 Å². The van der Waals surface area contributed by atoms with Crippen LogP contribution in [0.4, 0.5) is 4.39 Å². The summed E-state index contributed by atoms with van der Waals surface area (Å²) < 4.78 is 36.6. The molecule has 2 saturated heterocycles.